The van der Waals surface area contributed by atoms with Crippen molar-refractivity contribution in [2.45, 2.75) is 6.04 Å². The molecule has 24 heavy (non-hydrogen) atoms. The Morgan fingerprint density at radius 2 is 2.08 bits per heavy atom. The number of nitrogens with one attached hydrogen (secondary N) is 1. The van der Waals surface area contributed by atoms with Gasteiger partial charge in [-0.3, -0.25) is 9.69 Å². The van der Waals surface area contributed by atoms with Crippen LogP contribution in [-0.2, 0) is 11.8 Å². The summed E-state index contributed by atoms with van der Waals surface area (Å²) in [6.45, 7) is 0.385. The number of likely N-dealkylation sites (N-methyl/N-ethyl adjacent to an activating group) is 1. The zero-order valence-electron chi connectivity index (χ0n) is 13.9. The molecule has 1 aromatic heterocycles. The number of halogens is 2. The van der Waals surface area contributed by atoms with Gasteiger partial charge in [-0.1, -0.05) is 23.2 Å². The largest absolute Gasteiger partial charge is 0.482 e. The standard InChI is InChI=1S/C17H21Cl2N3O2/c1-21(2)15(14-5-4-8-22(14)3)10-20-17(23)11-24-16-7-6-12(18)9-13(16)19/h4-9,15H,10-11H2,1-3H3,(H,20,23). The molecule has 1 amide bonds. The number of hydrogen-bond donors (Lipinski definition) is 1. The maximum absolute atomic E-state index is 12.0. The molecule has 2 rings (SSSR count). The third kappa shape index (κ3) is 4.90. The van der Waals surface area contributed by atoms with Gasteiger partial charge in [-0.2, -0.15) is 0 Å². The number of benzene rings is 1. The van der Waals surface area contributed by atoms with Crippen LogP contribution in [0, 0.1) is 0 Å². The lowest BCUT2D eigenvalue weighted by molar-refractivity contribution is -0.123. The molecule has 1 aromatic carbocycles. The van der Waals surface area contributed by atoms with Crippen molar-refractivity contribution in [3.63, 3.8) is 0 Å². The monoisotopic (exact) mass is 369 g/mol. The van der Waals surface area contributed by atoms with Crippen molar-refractivity contribution in [2.75, 3.05) is 27.2 Å². The lowest BCUT2D eigenvalue weighted by atomic mass is 10.2. The molecule has 5 nitrogen and oxygen atoms in total. The SMILES string of the molecule is CN(C)C(CNC(=O)COc1ccc(Cl)cc1Cl)c1cccn1C. The van der Waals surface area contributed by atoms with Gasteiger partial charge in [-0.15, -0.1) is 0 Å². The van der Waals surface area contributed by atoms with Crippen LogP contribution in [0.4, 0.5) is 0 Å². The minimum atomic E-state index is -0.206. The van der Waals surface area contributed by atoms with Gasteiger partial charge in [0, 0.05) is 30.5 Å². The van der Waals surface area contributed by atoms with Crippen LogP contribution in [-0.4, -0.2) is 42.6 Å². The van der Waals surface area contributed by atoms with Crippen LogP contribution in [0.2, 0.25) is 10.0 Å². The van der Waals surface area contributed by atoms with E-state index in [9.17, 15) is 4.79 Å². The van der Waals surface area contributed by atoms with Crippen LogP contribution in [0.5, 0.6) is 5.75 Å². The second kappa shape index (κ2) is 8.42. The zero-order chi connectivity index (χ0) is 17.7. The second-order valence-corrected chi connectivity index (χ2v) is 6.53. The Morgan fingerprint density at radius 1 is 1.33 bits per heavy atom. The van der Waals surface area contributed by atoms with Gasteiger partial charge in [0.15, 0.2) is 6.61 Å². The summed E-state index contributed by atoms with van der Waals surface area (Å²) in [5.41, 5.74) is 1.13. The summed E-state index contributed by atoms with van der Waals surface area (Å²) < 4.78 is 7.48. The average molecular weight is 370 g/mol. The number of amides is 1. The molecule has 1 heterocycles. The number of aromatic nitrogens is 1. The number of ether oxygens (including phenoxy) is 1. The minimum Gasteiger partial charge on any atom is -0.482 e. The molecule has 0 aliphatic heterocycles. The number of aryl methyl sites for hydroxylation is 1. The van der Waals surface area contributed by atoms with E-state index in [0.29, 0.717) is 22.3 Å². The molecule has 0 fully saturated rings. The van der Waals surface area contributed by atoms with Gasteiger partial charge in [-0.05, 0) is 44.4 Å². The summed E-state index contributed by atoms with van der Waals surface area (Å²) in [7, 11) is 5.95. The van der Waals surface area contributed by atoms with E-state index in [-0.39, 0.29) is 18.6 Å². The molecule has 1 N–H and O–H groups in total. The highest BCUT2D eigenvalue weighted by Gasteiger charge is 2.17. The lowest BCUT2D eigenvalue weighted by Gasteiger charge is -2.25. The van der Waals surface area contributed by atoms with E-state index in [0.717, 1.165) is 5.69 Å². The fraction of sp³-hybridized carbons (Fsp3) is 0.353. The Balaban J connectivity index is 1.88. The van der Waals surface area contributed by atoms with E-state index in [1.807, 2.05) is 44.0 Å². The van der Waals surface area contributed by atoms with E-state index in [2.05, 4.69) is 10.2 Å². The fourth-order valence-electron chi connectivity index (χ4n) is 2.37. The van der Waals surface area contributed by atoms with Crippen molar-refractivity contribution in [1.29, 1.82) is 0 Å². The third-order valence-electron chi connectivity index (χ3n) is 3.69. The fourth-order valence-corrected chi connectivity index (χ4v) is 2.83. The first-order valence-corrected chi connectivity index (χ1v) is 8.26. The Hall–Kier alpha value is -1.69. The highest BCUT2D eigenvalue weighted by molar-refractivity contribution is 6.35. The van der Waals surface area contributed by atoms with Crippen LogP contribution in [0.1, 0.15) is 11.7 Å². The predicted octanol–water partition coefficient (Wildman–Crippen LogP) is 3.13. The molecule has 1 unspecified atom stereocenters. The van der Waals surface area contributed by atoms with Gasteiger partial charge in [0.1, 0.15) is 5.75 Å². The molecule has 0 aliphatic carbocycles. The van der Waals surface area contributed by atoms with Gasteiger partial charge in [0.05, 0.1) is 11.1 Å². The first-order valence-electron chi connectivity index (χ1n) is 7.50. The summed E-state index contributed by atoms with van der Waals surface area (Å²) >= 11 is 11.8. The van der Waals surface area contributed by atoms with Crippen LogP contribution in [0.3, 0.4) is 0 Å². The third-order valence-corrected chi connectivity index (χ3v) is 4.22. The van der Waals surface area contributed by atoms with Gasteiger partial charge in [-0.25, -0.2) is 0 Å². The van der Waals surface area contributed by atoms with E-state index >= 15 is 0 Å². The average Bonchev–Trinajstić information content (AvgIpc) is 2.92. The predicted molar refractivity (Wildman–Crippen MR) is 96.8 cm³/mol. The van der Waals surface area contributed by atoms with Crippen LogP contribution < -0.4 is 10.1 Å². The molecule has 7 heteroatoms. The maximum Gasteiger partial charge on any atom is 0.258 e. The van der Waals surface area contributed by atoms with Crippen molar-refractivity contribution in [3.05, 3.63) is 52.3 Å². The molecule has 0 aliphatic rings. The van der Waals surface area contributed by atoms with Gasteiger partial charge in [0.2, 0.25) is 0 Å². The molecule has 0 bridgehead atoms. The lowest BCUT2D eigenvalue weighted by Crippen LogP contribution is -2.37. The van der Waals surface area contributed by atoms with Crippen LogP contribution in [0.25, 0.3) is 0 Å². The summed E-state index contributed by atoms with van der Waals surface area (Å²) in [6.07, 6.45) is 1.99. The normalized spacial score (nSPS) is 12.2. The number of nitrogens with zero attached hydrogens (tertiary/aromatic N) is 2. The Bertz CT molecular complexity index is 701. The molecular formula is C17H21Cl2N3O2. The summed E-state index contributed by atoms with van der Waals surface area (Å²) in [5.74, 6) is 0.227. The molecule has 0 radical (unpaired) electrons. The molecule has 0 saturated carbocycles. The molecule has 130 valence electrons. The second-order valence-electron chi connectivity index (χ2n) is 5.69. The van der Waals surface area contributed by atoms with E-state index in [4.69, 9.17) is 27.9 Å². The quantitative estimate of drug-likeness (QED) is 0.815. The molecule has 0 saturated heterocycles. The van der Waals surface area contributed by atoms with Crippen molar-refractivity contribution in [2.24, 2.45) is 7.05 Å². The summed E-state index contributed by atoms with van der Waals surface area (Å²) in [6, 6.07) is 8.99. The highest BCUT2D eigenvalue weighted by atomic mass is 35.5. The summed E-state index contributed by atoms with van der Waals surface area (Å²) in [5, 5.41) is 3.79. The number of rotatable bonds is 7. The highest BCUT2D eigenvalue weighted by Crippen LogP contribution is 2.27. The number of carbonyl (C=O) groups is 1. The molecular weight excluding hydrogens is 349 g/mol. The molecule has 2 aromatic rings. The Kier molecular flexibility index (Phi) is 6.54. The number of carbonyl (C=O) groups excluding carboxylic acids is 1. The molecule has 1 atom stereocenters. The summed E-state index contributed by atoms with van der Waals surface area (Å²) in [4.78, 5) is 14.1. The van der Waals surface area contributed by atoms with Crippen LogP contribution in [0.15, 0.2) is 36.5 Å². The first-order chi connectivity index (χ1) is 11.4. The first kappa shape index (κ1) is 18.6. The zero-order valence-corrected chi connectivity index (χ0v) is 15.4. The number of hydrogen-bond acceptors (Lipinski definition) is 3. The van der Waals surface area contributed by atoms with Gasteiger partial charge >= 0.3 is 0 Å². The smallest absolute Gasteiger partial charge is 0.258 e. The van der Waals surface area contributed by atoms with E-state index in [1.165, 1.54) is 0 Å². The van der Waals surface area contributed by atoms with E-state index in [1.54, 1.807) is 18.2 Å². The Morgan fingerprint density at radius 3 is 2.67 bits per heavy atom. The van der Waals surface area contributed by atoms with Crippen molar-refractivity contribution < 1.29 is 9.53 Å². The topological polar surface area (TPSA) is 46.5 Å². The Labute approximate surface area is 152 Å². The minimum absolute atomic E-state index is 0.0769. The van der Waals surface area contributed by atoms with Crippen LogP contribution >= 0.6 is 23.2 Å². The van der Waals surface area contributed by atoms with Gasteiger partial charge < -0.3 is 14.6 Å². The molecule has 0 spiro atoms. The van der Waals surface area contributed by atoms with Crippen molar-refractivity contribution in [1.82, 2.24) is 14.8 Å². The van der Waals surface area contributed by atoms with E-state index < -0.39 is 0 Å². The van der Waals surface area contributed by atoms with Crippen molar-refractivity contribution in [3.8, 4) is 5.75 Å². The van der Waals surface area contributed by atoms with Gasteiger partial charge in [0.25, 0.3) is 5.91 Å². The van der Waals surface area contributed by atoms with Crippen molar-refractivity contribution >= 4 is 29.1 Å². The maximum atomic E-state index is 12.0.